The minimum Gasteiger partial charge on any atom is -0.355 e. The van der Waals surface area contributed by atoms with Crippen LogP contribution in [0.1, 0.15) is 145 Å². The summed E-state index contributed by atoms with van der Waals surface area (Å²) in [6.07, 6.45) is 20.1. The summed E-state index contributed by atoms with van der Waals surface area (Å²) < 4.78 is 12.2. The van der Waals surface area contributed by atoms with Gasteiger partial charge >= 0.3 is 0 Å². The molecule has 0 aromatic carbocycles. The van der Waals surface area contributed by atoms with Crippen LogP contribution in [0.3, 0.4) is 0 Å². The van der Waals surface area contributed by atoms with Crippen molar-refractivity contribution in [3.05, 3.63) is 0 Å². The van der Waals surface area contributed by atoms with Crippen molar-refractivity contribution in [3.8, 4) is 0 Å². The van der Waals surface area contributed by atoms with Crippen LogP contribution in [0.4, 0.5) is 0 Å². The summed E-state index contributed by atoms with van der Waals surface area (Å²) in [6, 6.07) is 0. The Bertz CT molecular complexity index is 414. The van der Waals surface area contributed by atoms with E-state index in [0.717, 1.165) is 53.1 Å². The molecule has 2 nitrogen and oxygen atoms in total. The van der Waals surface area contributed by atoms with Crippen LogP contribution in [-0.4, -0.2) is 23.9 Å². The Morgan fingerprint density at radius 1 is 0.500 bits per heavy atom. The van der Waals surface area contributed by atoms with Crippen LogP contribution in [0.2, 0.25) is 0 Å². The third-order valence-electron chi connectivity index (χ3n) is 7.24. The average Bonchev–Trinajstić information content (AvgIpc) is 2.72. The summed E-state index contributed by atoms with van der Waals surface area (Å²) >= 11 is 2.57. The highest BCUT2D eigenvalue weighted by Crippen LogP contribution is 2.29. The van der Waals surface area contributed by atoms with E-state index in [1.165, 1.54) is 89.9 Å². The summed E-state index contributed by atoms with van der Waals surface area (Å²) in [4.78, 5) is 0. The van der Waals surface area contributed by atoms with Gasteiger partial charge in [-0.3, -0.25) is 0 Å². The smallest absolute Gasteiger partial charge is 0.146 e. The van der Waals surface area contributed by atoms with E-state index >= 15 is 0 Å². The van der Waals surface area contributed by atoms with Gasteiger partial charge in [0.15, 0.2) is 0 Å². The summed E-state index contributed by atoms with van der Waals surface area (Å²) in [5.41, 5.74) is 0. The third kappa shape index (κ3) is 24.3. The minimum absolute atomic E-state index is 0.479. The van der Waals surface area contributed by atoms with Gasteiger partial charge in [-0.25, -0.2) is 0 Å². The molecular weight excluding hydrogens is 531 g/mol. The maximum Gasteiger partial charge on any atom is 0.146 e. The number of alkyl halides is 1. The lowest BCUT2D eigenvalue weighted by molar-refractivity contribution is -0.0561. The molecule has 0 amide bonds. The highest BCUT2D eigenvalue weighted by Gasteiger charge is 2.17. The Kier molecular flexibility index (Phi) is 24.5. The first kappa shape index (κ1) is 34.6. The van der Waals surface area contributed by atoms with Crippen molar-refractivity contribution in [1.82, 2.24) is 0 Å². The maximum atomic E-state index is 5.70. The predicted molar refractivity (Wildman–Crippen MR) is 161 cm³/mol. The predicted octanol–water partition coefficient (Wildman–Crippen LogP) is 10.9. The first-order valence-electron chi connectivity index (χ1n) is 15.0. The zero-order valence-electron chi connectivity index (χ0n) is 24.4. The lowest BCUT2D eigenvalue weighted by Gasteiger charge is -2.24. The van der Waals surface area contributed by atoms with Gasteiger partial charge in [-0.2, -0.15) is 0 Å². The Morgan fingerprint density at radius 3 is 1.41 bits per heavy atom. The van der Waals surface area contributed by atoms with Crippen LogP contribution in [0.25, 0.3) is 0 Å². The van der Waals surface area contributed by atoms with E-state index in [1.807, 2.05) is 0 Å². The number of ether oxygens (including phenoxy) is 2. The molecule has 0 spiro atoms. The Morgan fingerprint density at radius 2 is 0.912 bits per heavy atom. The molecule has 0 aromatic heterocycles. The van der Waals surface area contributed by atoms with E-state index in [4.69, 9.17) is 9.47 Å². The fourth-order valence-electron chi connectivity index (χ4n) is 5.85. The monoisotopic (exact) mass is 594 g/mol. The van der Waals surface area contributed by atoms with Crippen molar-refractivity contribution in [1.29, 1.82) is 0 Å². The fourth-order valence-corrected chi connectivity index (χ4v) is 6.72. The molecule has 3 heteroatoms. The molecule has 0 saturated carbocycles. The van der Waals surface area contributed by atoms with E-state index in [0.29, 0.717) is 6.79 Å². The van der Waals surface area contributed by atoms with Crippen molar-refractivity contribution < 1.29 is 9.47 Å². The molecule has 0 rings (SSSR count). The van der Waals surface area contributed by atoms with Crippen molar-refractivity contribution in [2.45, 2.75) is 149 Å². The summed E-state index contributed by atoms with van der Waals surface area (Å²) in [5, 5.41) is 0. The summed E-state index contributed by atoms with van der Waals surface area (Å²) in [5.74, 6) is 4.21. The second-order valence-corrected chi connectivity index (χ2v) is 14.2. The molecule has 206 valence electrons. The van der Waals surface area contributed by atoms with Gasteiger partial charge in [0.2, 0.25) is 0 Å². The number of halogens is 1. The van der Waals surface area contributed by atoms with Gasteiger partial charge in [0, 0.05) is 17.1 Å². The van der Waals surface area contributed by atoms with E-state index in [1.54, 1.807) is 0 Å². The van der Waals surface area contributed by atoms with Crippen molar-refractivity contribution in [2.24, 2.45) is 29.6 Å². The maximum absolute atomic E-state index is 5.70. The fraction of sp³-hybridized carbons (Fsp3) is 1.00. The highest BCUT2D eigenvalue weighted by molar-refractivity contribution is 14.1. The van der Waals surface area contributed by atoms with E-state index < -0.39 is 0 Å². The molecule has 0 N–H and O–H groups in total. The average molecular weight is 595 g/mol. The van der Waals surface area contributed by atoms with E-state index in [9.17, 15) is 0 Å². The van der Waals surface area contributed by atoms with Gasteiger partial charge in [-0.1, -0.05) is 116 Å². The quantitative estimate of drug-likeness (QED) is 0.0453. The van der Waals surface area contributed by atoms with Gasteiger partial charge in [0.1, 0.15) is 6.79 Å². The molecule has 0 aromatic rings. The molecule has 0 aliphatic heterocycles. The summed E-state index contributed by atoms with van der Waals surface area (Å²) in [6.45, 7) is 19.1. The normalized spacial score (nSPS) is 17.3. The molecule has 6 atom stereocenters. The van der Waals surface area contributed by atoms with Crippen LogP contribution >= 0.6 is 22.6 Å². The number of hydrogen-bond donors (Lipinski definition) is 0. The third-order valence-corrected chi connectivity index (χ3v) is 7.75. The van der Waals surface area contributed by atoms with Crippen LogP contribution < -0.4 is 0 Å². The Balaban J connectivity index is 3.59. The Labute approximate surface area is 229 Å². The molecule has 34 heavy (non-hydrogen) atoms. The molecule has 0 fully saturated rings. The SMILES string of the molecule is CCCCCCCCCCOCOCCCC(C)CC(C)CC(C)CC(C)CC(C)CC(C)I. The standard InChI is InChI=1S/C31H63IO2/c1-8-9-10-11-12-13-14-15-18-33-25-34-19-16-17-26(2)20-27(3)21-28(4)22-29(5)23-30(6)24-31(7)32/h26-31H,8-25H2,1-7H3. The van der Waals surface area contributed by atoms with E-state index in [2.05, 4.69) is 71.1 Å². The molecule has 0 aliphatic rings. The number of unbranched alkanes of at least 4 members (excludes halogenated alkanes) is 7. The second kappa shape index (κ2) is 24.0. The highest BCUT2D eigenvalue weighted by atomic mass is 127. The van der Waals surface area contributed by atoms with Gasteiger partial charge in [0.25, 0.3) is 0 Å². The molecule has 6 unspecified atom stereocenters. The molecule has 0 bridgehead atoms. The number of hydrogen-bond acceptors (Lipinski definition) is 2. The van der Waals surface area contributed by atoms with Crippen molar-refractivity contribution >= 4 is 22.6 Å². The van der Waals surface area contributed by atoms with Gasteiger partial charge in [0.05, 0.1) is 0 Å². The second-order valence-electron chi connectivity index (χ2n) is 12.0. The lowest BCUT2D eigenvalue weighted by Crippen LogP contribution is -2.13. The topological polar surface area (TPSA) is 18.5 Å². The molecular formula is C31H63IO2. The lowest BCUT2D eigenvalue weighted by atomic mass is 9.82. The van der Waals surface area contributed by atoms with Gasteiger partial charge < -0.3 is 9.47 Å². The van der Waals surface area contributed by atoms with E-state index in [-0.39, 0.29) is 0 Å². The van der Waals surface area contributed by atoms with Crippen LogP contribution in [0.15, 0.2) is 0 Å². The zero-order valence-corrected chi connectivity index (χ0v) is 26.5. The summed E-state index contributed by atoms with van der Waals surface area (Å²) in [7, 11) is 0. The molecule has 0 saturated heterocycles. The number of rotatable bonds is 25. The van der Waals surface area contributed by atoms with Gasteiger partial charge in [-0.05, 0) is 81.0 Å². The van der Waals surface area contributed by atoms with Crippen molar-refractivity contribution in [3.63, 3.8) is 0 Å². The van der Waals surface area contributed by atoms with Crippen LogP contribution in [0.5, 0.6) is 0 Å². The van der Waals surface area contributed by atoms with Gasteiger partial charge in [-0.15, -0.1) is 0 Å². The first-order chi connectivity index (χ1) is 16.2. The molecule has 0 radical (unpaired) electrons. The van der Waals surface area contributed by atoms with Crippen LogP contribution in [0, 0.1) is 29.6 Å². The Hall–Kier alpha value is 0.650. The first-order valence-corrected chi connectivity index (χ1v) is 16.3. The molecule has 0 aliphatic carbocycles. The zero-order chi connectivity index (χ0) is 25.6. The van der Waals surface area contributed by atoms with Crippen molar-refractivity contribution in [2.75, 3.05) is 20.0 Å². The largest absolute Gasteiger partial charge is 0.355 e. The molecule has 0 heterocycles. The minimum atomic E-state index is 0.479. The van der Waals surface area contributed by atoms with Crippen LogP contribution in [-0.2, 0) is 9.47 Å².